The predicted octanol–water partition coefficient (Wildman–Crippen LogP) is 2.46. The molecular weight excluding hydrogens is 310 g/mol. The van der Waals surface area contributed by atoms with Gasteiger partial charge in [-0.3, -0.25) is 9.20 Å². The molecule has 0 saturated carbocycles. The third kappa shape index (κ3) is 2.35. The van der Waals surface area contributed by atoms with Crippen molar-refractivity contribution in [2.45, 2.75) is 25.7 Å². The van der Waals surface area contributed by atoms with E-state index in [0.717, 1.165) is 42.4 Å². The second kappa shape index (κ2) is 5.49. The Labute approximate surface area is 138 Å². The Morgan fingerprint density at radius 3 is 2.78 bits per heavy atom. The van der Waals surface area contributed by atoms with Gasteiger partial charge in [0.15, 0.2) is 4.96 Å². The number of carbonyl (C=O) groups is 1. The Kier molecular flexibility index (Phi) is 3.45. The Morgan fingerprint density at radius 1 is 1.30 bits per heavy atom. The predicted molar refractivity (Wildman–Crippen MR) is 88.9 cm³/mol. The molecule has 7 heteroatoms. The van der Waals surface area contributed by atoms with Gasteiger partial charge < -0.3 is 9.47 Å². The number of fused-ring (bicyclic) bond motifs is 1. The van der Waals surface area contributed by atoms with E-state index in [0.29, 0.717) is 11.6 Å². The number of piperidine rings is 1. The molecule has 4 heterocycles. The first-order chi connectivity index (χ1) is 11.1. The lowest BCUT2D eigenvalue weighted by atomic mass is 9.95. The van der Waals surface area contributed by atoms with Gasteiger partial charge >= 0.3 is 0 Å². The quantitative estimate of drug-likeness (QED) is 0.726. The molecule has 23 heavy (non-hydrogen) atoms. The number of hydrogen-bond acceptors (Lipinski definition) is 4. The van der Waals surface area contributed by atoms with E-state index in [-0.39, 0.29) is 5.91 Å². The lowest BCUT2D eigenvalue weighted by Crippen LogP contribution is -2.39. The van der Waals surface area contributed by atoms with Crippen LogP contribution in [-0.4, -0.2) is 42.8 Å². The number of nitrogens with zero attached hydrogens (tertiary/aromatic N) is 5. The van der Waals surface area contributed by atoms with Crippen molar-refractivity contribution in [3.63, 3.8) is 0 Å². The molecular formula is C16H19N5OS. The van der Waals surface area contributed by atoms with Crippen LogP contribution < -0.4 is 0 Å². The van der Waals surface area contributed by atoms with Crippen LogP contribution in [0.25, 0.3) is 4.96 Å². The van der Waals surface area contributed by atoms with Crippen molar-refractivity contribution in [1.29, 1.82) is 0 Å². The number of hydrogen-bond donors (Lipinski definition) is 0. The third-order valence-electron chi connectivity index (χ3n) is 4.64. The molecule has 0 bridgehead atoms. The summed E-state index contributed by atoms with van der Waals surface area (Å²) in [7, 11) is 2.03. The topological polar surface area (TPSA) is 55.4 Å². The highest BCUT2D eigenvalue weighted by molar-refractivity contribution is 7.15. The Hall–Kier alpha value is -2.15. The Bertz CT molecular complexity index is 853. The van der Waals surface area contributed by atoms with Gasteiger partial charge in [0.2, 0.25) is 0 Å². The molecule has 0 spiro atoms. The van der Waals surface area contributed by atoms with Crippen LogP contribution in [0.1, 0.15) is 40.8 Å². The number of aryl methyl sites for hydroxylation is 2. The molecule has 120 valence electrons. The van der Waals surface area contributed by atoms with Gasteiger partial charge in [0.25, 0.3) is 5.91 Å². The number of rotatable bonds is 2. The van der Waals surface area contributed by atoms with Crippen LogP contribution in [0.5, 0.6) is 0 Å². The summed E-state index contributed by atoms with van der Waals surface area (Å²) in [5.74, 6) is 1.65. The second-order valence-corrected chi connectivity index (χ2v) is 6.94. The van der Waals surface area contributed by atoms with E-state index in [1.165, 1.54) is 0 Å². The first-order valence-corrected chi connectivity index (χ1v) is 8.71. The van der Waals surface area contributed by atoms with Crippen LogP contribution in [-0.2, 0) is 7.05 Å². The summed E-state index contributed by atoms with van der Waals surface area (Å²) in [6, 6.07) is 0. The van der Waals surface area contributed by atoms with Crippen LogP contribution in [0.4, 0.5) is 0 Å². The smallest absolute Gasteiger partial charge is 0.272 e. The number of aromatic nitrogens is 4. The molecule has 0 unspecified atom stereocenters. The molecule has 3 aromatic heterocycles. The fourth-order valence-electron chi connectivity index (χ4n) is 3.41. The minimum Gasteiger partial charge on any atom is -0.338 e. The lowest BCUT2D eigenvalue weighted by molar-refractivity contribution is 0.0703. The van der Waals surface area contributed by atoms with Crippen molar-refractivity contribution >= 4 is 22.2 Å². The number of likely N-dealkylation sites (tertiary alicyclic amines) is 1. The highest BCUT2D eigenvalue weighted by Crippen LogP contribution is 2.28. The van der Waals surface area contributed by atoms with E-state index in [1.54, 1.807) is 11.3 Å². The van der Waals surface area contributed by atoms with Crippen molar-refractivity contribution in [3.05, 3.63) is 41.2 Å². The van der Waals surface area contributed by atoms with Gasteiger partial charge in [-0.25, -0.2) is 9.97 Å². The van der Waals surface area contributed by atoms with Crippen LogP contribution >= 0.6 is 11.3 Å². The van der Waals surface area contributed by atoms with Gasteiger partial charge in [-0.1, -0.05) is 0 Å². The number of amides is 1. The van der Waals surface area contributed by atoms with Crippen LogP contribution in [0.3, 0.4) is 0 Å². The maximum absolute atomic E-state index is 12.9. The van der Waals surface area contributed by atoms with Crippen LogP contribution in [0.15, 0.2) is 24.0 Å². The summed E-state index contributed by atoms with van der Waals surface area (Å²) < 4.78 is 3.99. The van der Waals surface area contributed by atoms with Gasteiger partial charge in [-0.15, -0.1) is 11.3 Å². The third-order valence-corrected chi connectivity index (χ3v) is 5.40. The summed E-state index contributed by atoms with van der Waals surface area (Å²) in [4.78, 5) is 24.7. The minimum atomic E-state index is 0.0895. The molecule has 0 aromatic carbocycles. The molecule has 0 radical (unpaired) electrons. The zero-order valence-electron chi connectivity index (χ0n) is 13.3. The molecule has 6 nitrogen and oxygen atoms in total. The maximum atomic E-state index is 12.9. The van der Waals surface area contributed by atoms with Gasteiger partial charge in [0.05, 0.1) is 5.69 Å². The molecule has 4 rings (SSSR count). The largest absolute Gasteiger partial charge is 0.338 e. The average molecular weight is 329 g/mol. The van der Waals surface area contributed by atoms with E-state index < -0.39 is 0 Å². The molecule has 0 atom stereocenters. The van der Waals surface area contributed by atoms with Gasteiger partial charge in [0.1, 0.15) is 11.5 Å². The van der Waals surface area contributed by atoms with Gasteiger partial charge in [0, 0.05) is 50.0 Å². The van der Waals surface area contributed by atoms with E-state index in [9.17, 15) is 4.79 Å². The van der Waals surface area contributed by atoms with Gasteiger partial charge in [-0.05, 0) is 19.8 Å². The maximum Gasteiger partial charge on any atom is 0.272 e. The monoisotopic (exact) mass is 329 g/mol. The molecule has 3 aromatic rings. The molecule has 0 N–H and O–H groups in total. The van der Waals surface area contributed by atoms with Crippen LogP contribution in [0.2, 0.25) is 0 Å². The Balaban J connectivity index is 1.52. The van der Waals surface area contributed by atoms with Crippen molar-refractivity contribution in [1.82, 2.24) is 23.8 Å². The summed E-state index contributed by atoms with van der Waals surface area (Å²) in [6.07, 6.45) is 7.67. The van der Waals surface area contributed by atoms with Crippen molar-refractivity contribution in [3.8, 4) is 0 Å². The van der Waals surface area contributed by atoms with Crippen molar-refractivity contribution < 1.29 is 4.79 Å². The minimum absolute atomic E-state index is 0.0895. The lowest BCUT2D eigenvalue weighted by Gasteiger charge is -2.31. The summed E-state index contributed by atoms with van der Waals surface area (Å²) in [5.41, 5.74) is 1.52. The summed E-state index contributed by atoms with van der Waals surface area (Å²) in [6.45, 7) is 3.45. The summed E-state index contributed by atoms with van der Waals surface area (Å²) in [5, 5.41) is 1.96. The highest BCUT2D eigenvalue weighted by atomic mass is 32.1. The van der Waals surface area contributed by atoms with E-state index in [1.807, 2.05) is 47.2 Å². The molecule has 1 amide bonds. The van der Waals surface area contributed by atoms with Gasteiger partial charge in [-0.2, -0.15) is 0 Å². The van der Waals surface area contributed by atoms with E-state index >= 15 is 0 Å². The molecule has 1 aliphatic rings. The first-order valence-electron chi connectivity index (χ1n) is 7.84. The van der Waals surface area contributed by atoms with E-state index in [2.05, 4.69) is 14.5 Å². The fourth-order valence-corrected chi connectivity index (χ4v) is 4.17. The zero-order valence-corrected chi connectivity index (χ0v) is 14.1. The molecule has 1 fully saturated rings. The summed E-state index contributed by atoms with van der Waals surface area (Å²) >= 11 is 1.56. The highest BCUT2D eigenvalue weighted by Gasteiger charge is 2.29. The second-order valence-electron chi connectivity index (χ2n) is 6.06. The van der Waals surface area contributed by atoms with Crippen molar-refractivity contribution in [2.24, 2.45) is 7.05 Å². The number of carbonyl (C=O) groups excluding carboxylic acids is 1. The average Bonchev–Trinajstić information content (AvgIpc) is 3.23. The molecule has 1 aliphatic heterocycles. The van der Waals surface area contributed by atoms with Crippen molar-refractivity contribution in [2.75, 3.05) is 13.1 Å². The van der Waals surface area contributed by atoms with E-state index in [4.69, 9.17) is 0 Å². The van der Waals surface area contributed by atoms with Crippen LogP contribution in [0, 0.1) is 6.92 Å². The zero-order chi connectivity index (χ0) is 16.0. The molecule has 1 saturated heterocycles. The standard InChI is InChI=1S/C16H19N5OS/c1-11-13(21-9-10-23-16(21)18-11)15(22)20-6-3-12(4-7-20)14-17-5-8-19(14)2/h5,8-10,12H,3-4,6-7H2,1-2H3. The Morgan fingerprint density at radius 2 is 2.09 bits per heavy atom. The molecule has 0 aliphatic carbocycles. The first kappa shape index (κ1) is 14.4. The fraction of sp³-hybridized carbons (Fsp3) is 0.438. The number of thiazole rings is 1. The number of imidazole rings is 2. The SMILES string of the molecule is Cc1nc2sccn2c1C(=O)N1CCC(c2nccn2C)CC1. The normalized spacial score (nSPS) is 16.3.